The van der Waals surface area contributed by atoms with Crippen LogP contribution in [0.4, 0.5) is 0 Å². The Balaban J connectivity index is 1.66. The fourth-order valence-corrected chi connectivity index (χ4v) is 3.85. The van der Waals surface area contributed by atoms with E-state index in [0.717, 1.165) is 45.1 Å². The van der Waals surface area contributed by atoms with Crippen molar-refractivity contribution in [3.63, 3.8) is 0 Å². The normalized spacial score (nSPS) is 24.2. The van der Waals surface area contributed by atoms with Gasteiger partial charge in [0, 0.05) is 57.6 Å². The van der Waals surface area contributed by atoms with Gasteiger partial charge in [-0.15, -0.1) is 0 Å². The van der Waals surface area contributed by atoms with Crippen LogP contribution in [0, 0.1) is 11.8 Å². The molecule has 1 unspecified atom stereocenters. The number of carbonyl (C=O) groups excluding carboxylic acids is 1. The van der Waals surface area contributed by atoms with Crippen molar-refractivity contribution in [1.29, 1.82) is 0 Å². The predicted octanol–water partition coefficient (Wildman–Crippen LogP) is 2.69. The van der Waals surface area contributed by atoms with Crippen LogP contribution in [0.15, 0.2) is 0 Å². The molecule has 2 fully saturated rings. The molecule has 2 aliphatic rings. The average Bonchev–Trinajstić information content (AvgIpc) is 2.55. The summed E-state index contributed by atoms with van der Waals surface area (Å²) < 4.78 is 0. The molecule has 0 aliphatic carbocycles. The van der Waals surface area contributed by atoms with Crippen LogP contribution in [0.25, 0.3) is 0 Å². The molecule has 2 aliphatic heterocycles. The summed E-state index contributed by atoms with van der Waals surface area (Å²) in [5.41, 5.74) is 0. The molecule has 4 nitrogen and oxygen atoms in total. The van der Waals surface area contributed by atoms with Crippen molar-refractivity contribution in [2.45, 2.75) is 59.4 Å². The van der Waals surface area contributed by atoms with E-state index in [0.29, 0.717) is 17.6 Å². The number of carbonyl (C=O) groups is 1. The van der Waals surface area contributed by atoms with E-state index in [9.17, 15) is 4.79 Å². The highest BCUT2D eigenvalue weighted by molar-refractivity contribution is 5.81. The number of hydrogen-bond donors (Lipinski definition) is 0. The van der Waals surface area contributed by atoms with E-state index < -0.39 is 0 Å². The molecule has 2 heterocycles. The van der Waals surface area contributed by atoms with E-state index in [1.807, 2.05) is 0 Å². The van der Waals surface area contributed by atoms with E-state index in [1.165, 1.54) is 32.6 Å². The molecule has 0 aromatic carbocycles. The zero-order chi connectivity index (χ0) is 16.8. The number of hydrogen-bond acceptors (Lipinski definition) is 4. The first-order valence-corrected chi connectivity index (χ1v) is 9.71. The van der Waals surface area contributed by atoms with Gasteiger partial charge in [0.15, 0.2) is 0 Å². The molecule has 0 spiro atoms. The number of likely N-dealkylation sites (tertiary alicyclic amines) is 1. The summed E-state index contributed by atoms with van der Waals surface area (Å²) in [5, 5.41) is 0. The third-order valence-corrected chi connectivity index (χ3v) is 5.67. The topological polar surface area (TPSA) is 26.8 Å². The Kier molecular flexibility index (Phi) is 7.51. The summed E-state index contributed by atoms with van der Waals surface area (Å²) in [7, 11) is 0. The summed E-state index contributed by atoms with van der Waals surface area (Å²) in [5.74, 6) is 1.33. The minimum atomic E-state index is 0.330. The largest absolute Gasteiger partial charge is 0.299 e. The Morgan fingerprint density at radius 3 is 2.04 bits per heavy atom. The highest BCUT2D eigenvalue weighted by Crippen LogP contribution is 2.21. The van der Waals surface area contributed by atoms with Crippen LogP contribution in [0.5, 0.6) is 0 Å². The molecule has 0 saturated carbocycles. The lowest BCUT2D eigenvalue weighted by molar-refractivity contribution is -0.125. The quantitative estimate of drug-likeness (QED) is 0.720. The third-order valence-electron chi connectivity index (χ3n) is 5.67. The molecule has 0 aromatic heterocycles. The fraction of sp³-hybridized carbons (Fsp3) is 0.947. The second-order valence-corrected chi connectivity index (χ2v) is 8.01. The first kappa shape index (κ1) is 18.9. The van der Waals surface area contributed by atoms with Gasteiger partial charge in [-0.05, 0) is 32.1 Å². The van der Waals surface area contributed by atoms with Gasteiger partial charge >= 0.3 is 0 Å². The molecule has 0 N–H and O–H groups in total. The lowest BCUT2D eigenvalue weighted by atomic mass is 9.88. The highest BCUT2D eigenvalue weighted by Gasteiger charge is 2.27. The minimum Gasteiger partial charge on any atom is -0.299 e. The molecule has 4 heteroatoms. The SMILES string of the molecule is CCC(C)N1CCN(CN2CCC(C(=O)CC(C)C)CC2)CC1. The van der Waals surface area contributed by atoms with Gasteiger partial charge in [0.25, 0.3) is 0 Å². The number of ketones is 1. The summed E-state index contributed by atoms with van der Waals surface area (Å²) >= 11 is 0. The van der Waals surface area contributed by atoms with Crippen LogP contribution < -0.4 is 0 Å². The Morgan fingerprint density at radius 1 is 0.957 bits per heavy atom. The summed E-state index contributed by atoms with van der Waals surface area (Å²) in [6, 6.07) is 0.722. The Labute approximate surface area is 143 Å². The Morgan fingerprint density at radius 2 is 1.52 bits per heavy atom. The number of nitrogens with zero attached hydrogens (tertiary/aromatic N) is 3. The molecule has 23 heavy (non-hydrogen) atoms. The second kappa shape index (κ2) is 9.14. The molecule has 0 amide bonds. The third kappa shape index (κ3) is 5.84. The van der Waals surface area contributed by atoms with Crippen molar-refractivity contribution in [1.82, 2.24) is 14.7 Å². The molecular weight excluding hydrogens is 286 g/mol. The van der Waals surface area contributed by atoms with Gasteiger partial charge in [0.2, 0.25) is 0 Å². The number of Topliss-reactive ketones (excluding diaryl/α,β-unsaturated/α-hetero) is 1. The van der Waals surface area contributed by atoms with Gasteiger partial charge in [-0.1, -0.05) is 20.8 Å². The van der Waals surface area contributed by atoms with Crippen molar-refractivity contribution >= 4 is 5.78 Å². The van der Waals surface area contributed by atoms with E-state index in [4.69, 9.17) is 0 Å². The summed E-state index contributed by atoms with van der Waals surface area (Å²) in [6.45, 7) is 17.0. The maximum Gasteiger partial charge on any atom is 0.136 e. The van der Waals surface area contributed by atoms with Crippen LogP contribution in [0.3, 0.4) is 0 Å². The second-order valence-electron chi connectivity index (χ2n) is 8.01. The lowest BCUT2D eigenvalue weighted by Crippen LogP contribution is -2.53. The van der Waals surface area contributed by atoms with Crippen LogP contribution in [0.1, 0.15) is 53.4 Å². The van der Waals surface area contributed by atoms with Crippen molar-refractivity contribution in [2.24, 2.45) is 11.8 Å². The minimum absolute atomic E-state index is 0.330. The molecule has 2 rings (SSSR count). The first-order valence-electron chi connectivity index (χ1n) is 9.71. The van der Waals surface area contributed by atoms with Crippen molar-refractivity contribution in [3.8, 4) is 0 Å². The van der Waals surface area contributed by atoms with Gasteiger partial charge < -0.3 is 0 Å². The molecule has 1 atom stereocenters. The van der Waals surface area contributed by atoms with Gasteiger partial charge in [-0.2, -0.15) is 0 Å². The first-order chi connectivity index (χ1) is 11.0. The lowest BCUT2D eigenvalue weighted by Gasteiger charge is -2.41. The maximum atomic E-state index is 12.2. The summed E-state index contributed by atoms with van der Waals surface area (Å²) in [4.78, 5) is 20.0. The Hall–Kier alpha value is -0.450. The number of piperidine rings is 1. The Bertz CT molecular complexity index is 356. The van der Waals surface area contributed by atoms with Crippen molar-refractivity contribution in [2.75, 3.05) is 45.9 Å². The van der Waals surface area contributed by atoms with Crippen LogP contribution >= 0.6 is 0 Å². The molecule has 0 bridgehead atoms. The fourth-order valence-electron chi connectivity index (χ4n) is 3.85. The zero-order valence-corrected chi connectivity index (χ0v) is 15.8. The molecule has 0 aromatic rings. The highest BCUT2D eigenvalue weighted by atomic mass is 16.1. The average molecular weight is 324 g/mol. The predicted molar refractivity (Wildman–Crippen MR) is 96.5 cm³/mol. The van der Waals surface area contributed by atoms with E-state index in [2.05, 4.69) is 42.4 Å². The monoisotopic (exact) mass is 323 g/mol. The van der Waals surface area contributed by atoms with E-state index in [-0.39, 0.29) is 0 Å². The van der Waals surface area contributed by atoms with Gasteiger partial charge in [-0.3, -0.25) is 19.5 Å². The van der Waals surface area contributed by atoms with Gasteiger partial charge in [-0.25, -0.2) is 0 Å². The van der Waals surface area contributed by atoms with E-state index in [1.54, 1.807) is 0 Å². The standard InChI is InChI=1S/C19H37N3O/c1-5-17(4)22-12-10-21(11-13-22)15-20-8-6-18(7-9-20)19(23)14-16(2)3/h16-18H,5-15H2,1-4H3. The smallest absolute Gasteiger partial charge is 0.136 e. The summed E-state index contributed by atoms with van der Waals surface area (Å²) in [6.07, 6.45) is 4.15. The van der Waals surface area contributed by atoms with Crippen molar-refractivity contribution < 1.29 is 4.79 Å². The van der Waals surface area contributed by atoms with Gasteiger partial charge in [0.05, 0.1) is 6.67 Å². The van der Waals surface area contributed by atoms with Crippen molar-refractivity contribution in [3.05, 3.63) is 0 Å². The van der Waals surface area contributed by atoms with Crippen LogP contribution in [-0.4, -0.2) is 72.5 Å². The van der Waals surface area contributed by atoms with Crippen LogP contribution in [-0.2, 0) is 4.79 Å². The van der Waals surface area contributed by atoms with Crippen LogP contribution in [0.2, 0.25) is 0 Å². The number of piperazine rings is 1. The molecular formula is C19H37N3O. The molecule has 2 saturated heterocycles. The van der Waals surface area contributed by atoms with E-state index >= 15 is 0 Å². The molecule has 0 radical (unpaired) electrons. The zero-order valence-electron chi connectivity index (χ0n) is 15.8. The number of rotatable bonds is 7. The molecule has 134 valence electrons. The maximum absolute atomic E-state index is 12.2. The van der Waals surface area contributed by atoms with Gasteiger partial charge in [0.1, 0.15) is 5.78 Å².